The second-order valence-electron chi connectivity index (χ2n) is 4.29. The maximum atomic E-state index is 10.9. The highest BCUT2D eigenvalue weighted by molar-refractivity contribution is 7.98. The van der Waals surface area contributed by atoms with Crippen molar-refractivity contribution in [2.45, 2.75) is 19.4 Å². The molecule has 2 aromatic rings. The van der Waals surface area contributed by atoms with Crippen LogP contribution in [0, 0.1) is 0 Å². The van der Waals surface area contributed by atoms with E-state index in [-0.39, 0.29) is 5.56 Å². The molecule has 1 aromatic carbocycles. The lowest BCUT2D eigenvalue weighted by Crippen LogP contribution is -2.05. The van der Waals surface area contributed by atoms with Gasteiger partial charge in [0.1, 0.15) is 0 Å². The molecule has 1 N–H and O–H groups in total. The third kappa shape index (κ3) is 2.51. The first kappa shape index (κ1) is 13.0. The molecule has 96 valence electrons. The monoisotopic (exact) mass is 264 g/mol. The number of nitrogens with zero attached hydrogens (tertiary/aromatic N) is 2. The van der Waals surface area contributed by atoms with Crippen LogP contribution in [0.2, 0.25) is 0 Å². The Morgan fingerprint density at radius 3 is 3.00 bits per heavy atom. The Balaban J connectivity index is 2.33. The van der Waals surface area contributed by atoms with Crippen LogP contribution in [0.1, 0.15) is 29.7 Å². The molecule has 1 heterocycles. The van der Waals surface area contributed by atoms with Gasteiger partial charge >= 0.3 is 5.97 Å². The van der Waals surface area contributed by atoms with Crippen molar-refractivity contribution in [1.82, 2.24) is 9.55 Å². The van der Waals surface area contributed by atoms with Gasteiger partial charge in [-0.25, -0.2) is 9.78 Å². The first-order valence-corrected chi connectivity index (χ1v) is 7.21. The van der Waals surface area contributed by atoms with Crippen LogP contribution in [0.4, 0.5) is 0 Å². The molecule has 5 heteroatoms. The zero-order chi connectivity index (χ0) is 13.1. The molecule has 0 aliphatic rings. The molecule has 1 aromatic heterocycles. The fourth-order valence-corrected chi connectivity index (χ4v) is 2.52. The summed E-state index contributed by atoms with van der Waals surface area (Å²) >= 11 is 1.83. The Hall–Kier alpha value is -1.49. The molecule has 0 radical (unpaired) electrons. The quantitative estimate of drug-likeness (QED) is 0.901. The molecule has 1 unspecified atom stereocenters. The van der Waals surface area contributed by atoms with Gasteiger partial charge in [0.2, 0.25) is 0 Å². The van der Waals surface area contributed by atoms with Crippen LogP contribution in [0.25, 0.3) is 11.0 Å². The number of carbonyl (C=O) groups is 1. The van der Waals surface area contributed by atoms with Crippen molar-refractivity contribution in [2.75, 3.05) is 12.0 Å². The zero-order valence-electron chi connectivity index (χ0n) is 10.5. The van der Waals surface area contributed by atoms with E-state index in [1.54, 1.807) is 18.5 Å². The molecule has 0 saturated heterocycles. The molecule has 2 rings (SSSR count). The Labute approximate surface area is 110 Å². The third-order valence-electron chi connectivity index (χ3n) is 3.04. The zero-order valence-corrected chi connectivity index (χ0v) is 11.3. The fraction of sp³-hybridized carbons (Fsp3) is 0.385. The van der Waals surface area contributed by atoms with Gasteiger partial charge in [0.05, 0.1) is 22.9 Å². The molecule has 0 aliphatic heterocycles. The maximum absolute atomic E-state index is 10.9. The number of hydrogen-bond acceptors (Lipinski definition) is 3. The second kappa shape index (κ2) is 5.44. The molecule has 18 heavy (non-hydrogen) atoms. The summed E-state index contributed by atoms with van der Waals surface area (Å²) in [5.41, 5.74) is 2.02. The third-order valence-corrected chi connectivity index (χ3v) is 3.68. The number of rotatable bonds is 5. The van der Waals surface area contributed by atoms with E-state index in [0.29, 0.717) is 6.04 Å². The smallest absolute Gasteiger partial charge is 0.335 e. The first-order valence-electron chi connectivity index (χ1n) is 5.82. The van der Waals surface area contributed by atoms with Crippen LogP contribution >= 0.6 is 11.8 Å². The van der Waals surface area contributed by atoms with Gasteiger partial charge in [-0.3, -0.25) is 0 Å². The van der Waals surface area contributed by atoms with Crippen molar-refractivity contribution in [1.29, 1.82) is 0 Å². The summed E-state index contributed by atoms with van der Waals surface area (Å²) in [7, 11) is 0. The van der Waals surface area contributed by atoms with Gasteiger partial charge in [-0.2, -0.15) is 11.8 Å². The average molecular weight is 264 g/mol. The number of aromatic nitrogens is 2. The Bertz CT molecular complexity index is 565. The van der Waals surface area contributed by atoms with Crippen LogP contribution in [-0.4, -0.2) is 32.6 Å². The summed E-state index contributed by atoms with van der Waals surface area (Å²) < 4.78 is 2.11. The van der Waals surface area contributed by atoms with Crippen LogP contribution in [0.3, 0.4) is 0 Å². The van der Waals surface area contributed by atoms with Crippen LogP contribution in [0.5, 0.6) is 0 Å². The number of imidazole rings is 1. The van der Waals surface area contributed by atoms with Gasteiger partial charge in [0, 0.05) is 6.04 Å². The van der Waals surface area contributed by atoms with Crippen molar-refractivity contribution in [3.8, 4) is 0 Å². The summed E-state index contributed by atoms with van der Waals surface area (Å²) in [5, 5.41) is 8.94. The Morgan fingerprint density at radius 2 is 2.33 bits per heavy atom. The maximum Gasteiger partial charge on any atom is 0.335 e. The predicted octanol–water partition coefficient (Wildman–Crippen LogP) is 3.05. The molecule has 1 atom stereocenters. The van der Waals surface area contributed by atoms with Gasteiger partial charge in [0.15, 0.2) is 0 Å². The Morgan fingerprint density at radius 1 is 1.56 bits per heavy atom. The molecule has 0 aliphatic carbocycles. The van der Waals surface area contributed by atoms with Crippen LogP contribution in [-0.2, 0) is 0 Å². The van der Waals surface area contributed by atoms with E-state index in [9.17, 15) is 4.79 Å². The topological polar surface area (TPSA) is 55.1 Å². The number of fused-ring (bicyclic) bond motifs is 1. The second-order valence-corrected chi connectivity index (χ2v) is 5.28. The molecule has 0 bridgehead atoms. The van der Waals surface area contributed by atoms with Gasteiger partial charge in [0.25, 0.3) is 0 Å². The fourth-order valence-electron chi connectivity index (χ4n) is 1.94. The first-order chi connectivity index (χ1) is 8.63. The molecule has 0 saturated carbocycles. The van der Waals surface area contributed by atoms with E-state index in [1.807, 2.05) is 17.8 Å². The summed E-state index contributed by atoms with van der Waals surface area (Å²) in [4.78, 5) is 15.2. The number of thioether (sulfide) groups is 1. The summed E-state index contributed by atoms with van der Waals surface area (Å²) in [5.74, 6) is 0.190. The van der Waals surface area contributed by atoms with E-state index >= 15 is 0 Å². The van der Waals surface area contributed by atoms with Gasteiger partial charge in [-0.15, -0.1) is 0 Å². The summed E-state index contributed by atoms with van der Waals surface area (Å²) in [6, 6.07) is 5.46. The number of aromatic carboxylic acids is 1. The van der Waals surface area contributed by atoms with Gasteiger partial charge in [-0.1, -0.05) is 0 Å². The standard InChI is InChI=1S/C13H16N2O2S/c1-9(5-6-18-2)15-8-14-11-7-10(13(16)17)3-4-12(11)15/h3-4,7-9H,5-6H2,1-2H3,(H,16,17). The summed E-state index contributed by atoms with van der Waals surface area (Å²) in [6.45, 7) is 2.16. The number of benzene rings is 1. The van der Waals surface area contributed by atoms with Crippen molar-refractivity contribution in [2.24, 2.45) is 0 Å². The van der Waals surface area contributed by atoms with E-state index in [2.05, 4.69) is 22.7 Å². The van der Waals surface area contributed by atoms with Crippen molar-refractivity contribution in [3.05, 3.63) is 30.1 Å². The van der Waals surface area contributed by atoms with E-state index in [0.717, 1.165) is 23.2 Å². The molecular weight excluding hydrogens is 248 g/mol. The molecule has 0 amide bonds. The SMILES string of the molecule is CSCCC(C)n1cnc2cc(C(=O)O)ccc21. The highest BCUT2D eigenvalue weighted by Crippen LogP contribution is 2.21. The molecule has 0 fully saturated rings. The predicted molar refractivity (Wildman–Crippen MR) is 74.4 cm³/mol. The normalized spacial score (nSPS) is 12.8. The lowest BCUT2D eigenvalue weighted by atomic mass is 10.2. The van der Waals surface area contributed by atoms with Gasteiger partial charge < -0.3 is 9.67 Å². The molecule has 4 nitrogen and oxygen atoms in total. The van der Waals surface area contributed by atoms with Crippen molar-refractivity contribution in [3.63, 3.8) is 0 Å². The number of hydrogen-bond donors (Lipinski definition) is 1. The van der Waals surface area contributed by atoms with E-state index in [1.165, 1.54) is 0 Å². The lowest BCUT2D eigenvalue weighted by molar-refractivity contribution is 0.0697. The van der Waals surface area contributed by atoms with Crippen molar-refractivity contribution >= 4 is 28.8 Å². The highest BCUT2D eigenvalue weighted by atomic mass is 32.2. The number of carboxylic acids is 1. The van der Waals surface area contributed by atoms with E-state index in [4.69, 9.17) is 5.11 Å². The Kier molecular flexibility index (Phi) is 3.91. The largest absolute Gasteiger partial charge is 0.478 e. The minimum Gasteiger partial charge on any atom is -0.478 e. The minimum absolute atomic E-state index is 0.282. The molecular formula is C13H16N2O2S. The summed E-state index contributed by atoms with van der Waals surface area (Å²) in [6.07, 6.45) is 4.96. The van der Waals surface area contributed by atoms with Crippen molar-refractivity contribution < 1.29 is 9.90 Å². The molecule has 0 spiro atoms. The van der Waals surface area contributed by atoms with Gasteiger partial charge in [-0.05, 0) is 43.6 Å². The van der Waals surface area contributed by atoms with E-state index < -0.39 is 5.97 Å². The highest BCUT2D eigenvalue weighted by Gasteiger charge is 2.11. The number of carboxylic acid groups (broad SMARTS) is 1. The lowest BCUT2D eigenvalue weighted by Gasteiger charge is -2.13. The minimum atomic E-state index is -0.915. The van der Waals surface area contributed by atoms with Crippen LogP contribution in [0.15, 0.2) is 24.5 Å². The average Bonchev–Trinajstić information content (AvgIpc) is 2.78. The van der Waals surface area contributed by atoms with Crippen LogP contribution < -0.4 is 0 Å².